The number of aliphatic hydroxyl groups excluding tert-OH is 6. The van der Waals surface area contributed by atoms with Gasteiger partial charge in [0, 0.05) is 75.1 Å². The van der Waals surface area contributed by atoms with Crippen LogP contribution >= 0.6 is 0 Å². The Kier molecular flexibility index (Phi) is 11.5. The highest BCUT2D eigenvalue weighted by Crippen LogP contribution is 2.46. The minimum atomic E-state index is -0.221. The lowest BCUT2D eigenvalue weighted by atomic mass is 9.74. The molecule has 0 aromatic heterocycles. The fourth-order valence-corrected chi connectivity index (χ4v) is 4.73. The third-order valence-electron chi connectivity index (χ3n) is 7.60. The summed E-state index contributed by atoms with van der Waals surface area (Å²) in [5.74, 6) is -1.12. The summed E-state index contributed by atoms with van der Waals surface area (Å²) >= 11 is 0. The first kappa shape index (κ1) is 30.4. The first-order chi connectivity index (χ1) is 17.1. The maximum atomic E-state index is 10.2. The van der Waals surface area contributed by atoms with Crippen LogP contribution in [0.2, 0.25) is 0 Å². The molecule has 6 heteroatoms. The van der Waals surface area contributed by atoms with Crippen LogP contribution in [-0.2, 0) is 0 Å². The first-order valence-corrected chi connectivity index (χ1v) is 13.1. The molecule has 0 radical (unpaired) electrons. The van der Waals surface area contributed by atoms with E-state index in [1.807, 2.05) is 65.8 Å². The topological polar surface area (TPSA) is 121 Å². The third-order valence-corrected chi connectivity index (χ3v) is 7.60. The van der Waals surface area contributed by atoms with Crippen LogP contribution in [0.25, 0.3) is 11.1 Å². The number of benzene rings is 2. The van der Waals surface area contributed by atoms with Gasteiger partial charge in [0.1, 0.15) is 0 Å². The minimum Gasteiger partial charge on any atom is -0.396 e. The van der Waals surface area contributed by atoms with E-state index in [9.17, 15) is 30.6 Å². The molecule has 2 rings (SSSR count). The van der Waals surface area contributed by atoms with Crippen molar-refractivity contribution in [1.29, 1.82) is 0 Å². The van der Waals surface area contributed by atoms with Gasteiger partial charge in [0.2, 0.25) is 0 Å². The Morgan fingerprint density at radius 3 is 0.750 bits per heavy atom. The monoisotopic (exact) mass is 502 g/mol. The van der Waals surface area contributed by atoms with Gasteiger partial charge in [-0.2, -0.15) is 0 Å². The Bertz CT molecular complexity index is 846. The van der Waals surface area contributed by atoms with Gasteiger partial charge < -0.3 is 30.6 Å². The molecule has 0 amide bonds. The van der Waals surface area contributed by atoms with E-state index in [0.29, 0.717) is 0 Å². The number of hydrogen-bond acceptors (Lipinski definition) is 6. The third kappa shape index (κ3) is 6.36. The number of hydrogen-bond donors (Lipinski definition) is 6. The van der Waals surface area contributed by atoms with Gasteiger partial charge in [-0.15, -0.1) is 0 Å². The standard InChI is InChI=1S/C30H46O6/c1-17(11-31)23-7-25(19(3)13-33)29(26(8-23)20(4)14-34)30-27(21(5)15-35)9-24(18(2)12-32)10-28(30)22(6)16-36/h7-10,17-22,31-36H,11-16H2,1-6H3. The van der Waals surface area contributed by atoms with Crippen molar-refractivity contribution in [2.45, 2.75) is 77.0 Å². The average molecular weight is 503 g/mol. The summed E-state index contributed by atoms with van der Waals surface area (Å²) in [7, 11) is 0. The summed E-state index contributed by atoms with van der Waals surface area (Å²) in [6, 6.07) is 8.15. The Morgan fingerprint density at radius 2 is 0.583 bits per heavy atom. The maximum Gasteiger partial charge on any atom is 0.0497 e. The minimum absolute atomic E-state index is 0.0213. The van der Waals surface area contributed by atoms with E-state index in [-0.39, 0.29) is 75.1 Å². The van der Waals surface area contributed by atoms with Crippen molar-refractivity contribution < 1.29 is 30.6 Å². The number of aliphatic hydroxyl groups is 6. The van der Waals surface area contributed by atoms with Gasteiger partial charge in [-0.05, 0) is 44.5 Å². The van der Waals surface area contributed by atoms with E-state index in [1.165, 1.54) is 0 Å². The SMILES string of the molecule is CC(CO)c1cc(C(C)CO)c(-c2c(C(C)CO)cc(C(C)CO)cc2C(C)CO)c(C(C)CO)c1. The summed E-state index contributed by atoms with van der Waals surface area (Å²) in [6.45, 7) is 11.3. The van der Waals surface area contributed by atoms with Crippen molar-refractivity contribution in [3.63, 3.8) is 0 Å². The molecular formula is C30H46O6. The lowest BCUT2D eigenvalue weighted by Crippen LogP contribution is -2.16. The van der Waals surface area contributed by atoms with E-state index in [0.717, 1.165) is 44.5 Å². The molecule has 0 saturated carbocycles. The summed E-state index contributed by atoms with van der Waals surface area (Å²) in [5.41, 5.74) is 7.31. The first-order valence-electron chi connectivity index (χ1n) is 13.1. The molecule has 6 N–H and O–H groups in total. The van der Waals surface area contributed by atoms with Gasteiger partial charge in [-0.1, -0.05) is 65.8 Å². The molecule has 0 spiro atoms. The smallest absolute Gasteiger partial charge is 0.0497 e. The van der Waals surface area contributed by atoms with Crippen molar-refractivity contribution in [3.05, 3.63) is 57.6 Å². The molecule has 0 heterocycles. The highest BCUT2D eigenvalue weighted by atomic mass is 16.3. The fraction of sp³-hybridized carbons (Fsp3) is 0.600. The van der Waals surface area contributed by atoms with Crippen molar-refractivity contribution >= 4 is 0 Å². The second-order valence-corrected chi connectivity index (χ2v) is 10.7. The largest absolute Gasteiger partial charge is 0.396 e. The molecule has 0 bridgehead atoms. The molecule has 0 aliphatic heterocycles. The Hall–Kier alpha value is -1.80. The van der Waals surface area contributed by atoms with Gasteiger partial charge in [0.15, 0.2) is 0 Å². The summed E-state index contributed by atoms with van der Waals surface area (Å²) in [6.07, 6.45) is 0. The van der Waals surface area contributed by atoms with Crippen LogP contribution in [0.15, 0.2) is 24.3 Å². The van der Waals surface area contributed by atoms with Crippen molar-refractivity contribution in [3.8, 4) is 11.1 Å². The molecule has 6 unspecified atom stereocenters. The molecule has 0 saturated heterocycles. The van der Waals surface area contributed by atoms with Crippen molar-refractivity contribution in [2.24, 2.45) is 0 Å². The quantitative estimate of drug-likeness (QED) is 0.247. The normalized spacial score (nSPS) is 16.9. The van der Waals surface area contributed by atoms with Crippen LogP contribution in [0.1, 0.15) is 110 Å². The molecule has 0 fully saturated rings. The second-order valence-electron chi connectivity index (χ2n) is 10.7. The summed E-state index contributed by atoms with van der Waals surface area (Å²) in [4.78, 5) is 0. The zero-order valence-electron chi connectivity index (χ0n) is 22.7. The van der Waals surface area contributed by atoms with Gasteiger partial charge >= 0.3 is 0 Å². The molecule has 0 aliphatic rings. The lowest BCUT2D eigenvalue weighted by Gasteiger charge is -2.31. The highest BCUT2D eigenvalue weighted by Gasteiger charge is 2.28. The van der Waals surface area contributed by atoms with Crippen LogP contribution in [0, 0.1) is 0 Å². The maximum absolute atomic E-state index is 10.2. The predicted octanol–water partition coefficient (Wildman–Crippen LogP) is 3.93. The Balaban J connectivity index is 3.17. The van der Waals surface area contributed by atoms with Crippen molar-refractivity contribution in [1.82, 2.24) is 0 Å². The lowest BCUT2D eigenvalue weighted by molar-refractivity contribution is 0.266. The predicted molar refractivity (Wildman–Crippen MR) is 145 cm³/mol. The van der Waals surface area contributed by atoms with E-state index >= 15 is 0 Å². The summed E-state index contributed by atoms with van der Waals surface area (Å²) < 4.78 is 0. The second kappa shape index (κ2) is 13.7. The van der Waals surface area contributed by atoms with E-state index in [1.54, 1.807) is 0 Å². The van der Waals surface area contributed by atoms with E-state index in [4.69, 9.17) is 0 Å². The molecular weight excluding hydrogens is 456 g/mol. The van der Waals surface area contributed by atoms with Crippen LogP contribution in [0.3, 0.4) is 0 Å². The van der Waals surface area contributed by atoms with E-state index in [2.05, 4.69) is 0 Å². The molecule has 36 heavy (non-hydrogen) atoms. The van der Waals surface area contributed by atoms with Gasteiger partial charge in [0.25, 0.3) is 0 Å². The van der Waals surface area contributed by atoms with Crippen LogP contribution < -0.4 is 0 Å². The van der Waals surface area contributed by atoms with Gasteiger partial charge in [-0.25, -0.2) is 0 Å². The Labute approximate surface area is 216 Å². The van der Waals surface area contributed by atoms with E-state index < -0.39 is 0 Å². The van der Waals surface area contributed by atoms with Crippen LogP contribution in [0.5, 0.6) is 0 Å². The molecule has 0 aliphatic carbocycles. The Morgan fingerprint density at radius 1 is 0.389 bits per heavy atom. The average Bonchev–Trinajstić information content (AvgIpc) is 2.92. The molecule has 2 aromatic rings. The zero-order chi connectivity index (χ0) is 27.2. The summed E-state index contributed by atoms with van der Waals surface area (Å²) in [5, 5.41) is 60.7. The van der Waals surface area contributed by atoms with Gasteiger partial charge in [-0.3, -0.25) is 0 Å². The van der Waals surface area contributed by atoms with Crippen molar-refractivity contribution in [2.75, 3.05) is 39.6 Å². The molecule has 6 nitrogen and oxygen atoms in total. The molecule has 2 aromatic carbocycles. The molecule has 6 atom stereocenters. The fourth-order valence-electron chi connectivity index (χ4n) is 4.73. The highest BCUT2D eigenvalue weighted by molar-refractivity contribution is 5.80. The van der Waals surface area contributed by atoms with Gasteiger partial charge in [0.05, 0.1) is 0 Å². The van der Waals surface area contributed by atoms with Crippen LogP contribution in [-0.4, -0.2) is 70.3 Å². The molecule has 202 valence electrons. The number of rotatable bonds is 13. The zero-order valence-corrected chi connectivity index (χ0v) is 22.7. The van der Waals surface area contributed by atoms with Crippen LogP contribution in [0.4, 0.5) is 0 Å².